The van der Waals surface area contributed by atoms with Gasteiger partial charge >= 0.3 is 27.3 Å². The third-order valence-corrected chi connectivity index (χ3v) is 7.44. The number of hydrogen-bond acceptors (Lipinski definition) is 7. The monoisotopic (exact) mass is 446 g/mol. The van der Waals surface area contributed by atoms with Crippen LogP contribution in [0.4, 0.5) is 8.78 Å². The molecule has 8 nitrogen and oxygen atoms in total. The molecular weight excluding hydrogens is 426 g/mol. The zero-order valence-corrected chi connectivity index (χ0v) is 16.9. The van der Waals surface area contributed by atoms with E-state index in [0.717, 1.165) is 18.6 Å². The van der Waals surface area contributed by atoms with E-state index in [1.165, 1.54) is 12.1 Å². The predicted molar refractivity (Wildman–Crippen MR) is 96.3 cm³/mol. The minimum absolute atomic E-state index is 0.0252. The van der Waals surface area contributed by atoms with Gasteiger partial charge in [-0.2, -0.15) is 17.2 Å². The van der Waals surface area contributed by atoms with E-state index < -0.39 is 21.3 Å². The van der Waals surface area contributed by atoms with Crippen LogP contribution in [0, 0.1) is 29.1 Å². The lowest BCUT2D eigenvalue weighted by atomic mass is 9.80. The molecular formula is C19H20F2O8S. The topological polar surface area (TPSA) is 116 Å². The summed E-state index contributed by atoms with van der Waals surface area (Å²) in [4.78, 5) is 23.5. The van der Waals surface area contributed by atoms with Crippen LogP contribution in [0.25, 0.3) is 0 Å². The molecule has 3 aliphatic rings. The summed E-state index contributed by atoms with van der Waals surface area (Å²) in [6, 6.07) is 5.20. The fourth-order valence-electron chi connectivity index (χ4n) is 5.29. The van der Waals surface area contributed by atoms with E-state index >= 15 is 0 Å². The van der Waals surface area contributed by atoms with Gasteiger partial charge in [0.2, 0.25) is 0 Å². The molecule has 1 heterocycles. The Hall–Kier alpha value is -2.27. The molecule has 5 unspecified atom stereocenters. The smallest absolute Gasteiger partial charge is 0.466 e. The van der Waals surface area contributed by atoms with E-state index in [9.17, 15) is 26.8 Å². The van der Waals surface area contributed by atoms with Crippen LogP contribution in [-0.2, 0) is 24.4 Å². The lowest BCUT2D eigenvalue weighted by molar-refractivity contribution is -0.151. The van der Waals surface area contributed by atoms with Gasteiger partial charge in [-0.1, -0.05) is 19.9 Å². The zero-order chi connectivity index (χ0) is 22.1. The Morgan fingerprint density at radius 2 is 2.00 bits per heavy atom. The van der Waals surface area contributed by atoms with Gasteiger partial charge in [0.25, 0.3) is 0 Å². The van der Waals surface area contributed by atoms with E-state index in [1.807, 2.05) is 0 Å². The maximum absolute atomic E-state index is 13.4. The average molecular weight is 446 g/mol. The van der Waals surface area contributed by atoms with Gasteiger partial charge in [0.15, 0.2) is 0 Å². The summed E-state index contributed by atoms with van der Waals surface area (Å²) in [6.07, 6.45) is 0.509. The maximum Gasteiger partial charge on any atom is 0.466 e. The molecule has 1 saturated heterocycles. The van der Waals surface area contributed by atoms with Crippen LogP contribution in [-0.4, -0.2) is 42.9 Å². The Balaban J connectivity index is 1.44. The molecule has 0 spiro atoms. The van der Waals surface area contributed by atoms with Gasteiger partial charge in [-0.3, -0.25) is 9.35 Å². The molecule has 2 bridgehead atoms. The van der Waals surface area contributed by atoms with Crippen molar-refractivity contribution in [1.82, 2.24) is 0 Å². The first kappa shape index (κ1) is 21.0. The van der Waals surface area contributed by atoms with Crippen molar-refractivity contribution in [3.05, 3.63) is 24.3 Å². The van der Waals surface area contributed by atoms with Crippen LogP contribution in [0.3, 0.4) is 0 Å². The first-order valence-electron chi connectivity index (χ1n) is 9.34. The Morgan fingerprint density at radius 1 is 1.33 bits per heavy atom. The summed E-state index contributed by atoms with van der Waals surface area (Å²) in [5.74, 6) is -2.49. The molecule has 1 N–H and O–H groups in total. The fraction of sp³-hybridized carbons (Fsp3) is 0.579. The highest BCUT2D eigenvalue weighted by atomic mass is 32.2. The van der Waals surface area contributed by atoms with Gasteiger partial charge in [0, 0.05) is 17.9 Å². The highest BCUT2D eigenvalue weighted by molar-refractivity contribution is 7.87. The number of carbonyl (C=O) groups excluding carboxylic acids is 2. The average Bonchev–Trinajstić information content (AvgIpc) is 3.13. The second-order valence-corrected chi connectivity index (χ2v) is 9.99. The molecule has 1 aromatic carbocycles. The van der Waals surface area contributed by atoms with Gasteiger partial charge in [-0.15, -0.1) is 0 Å². The van der Waals surface area contributed by atoms with Crippen molar-refractivity contribution in [3.8, 4) is 11.5 Å². The number of esters is 2. The summed E-state index contributed by atoms with van der Waals surface area (Å²) >= 11 is 0. The summed E-state index contributed by atoms with van der Waals surface area (Å²) < 4.78 is 72.2. The summed E-state index contributed by atoms with van der Waals surface area (Å²) in [5, 5.41) is -5.10. The van der Waals surface area contributed by atoms with E-state index in [0.29, 0.717) is 0 Å². The third-order valence-electron chi connectivity index (χ3n) is 6.62. The minimum Gasteiger partial charge on any atom is -0.493 e. The Bertz CT molecular complexity index is 1010. The molecule has 2 saturated carbocycles. The van der Waals surface area contributed by atoms with Crippen molar-refractivity contribution in [3.63, 3.8) is 0 Å². The van der Waals surface area contributed by atoms with Crippen LogP contribution < -0.4 is 9.47 Å². The lowest BCUT2D eigenvalue weighted by Crippen LogP contribution is -2.40. The number of alkyl halides is 2. The van der Waals surface area contributed by atoms with Gasteiger partial charge in [-0.25, -0.2) is 4.79 Å². The quantitative estimate of drug-likeness (QED) is 0.402. The second-order valence-electron chi connectivity index (χ2n) is 8.53. The molecule has 1 aromatic rings. The van der Waals surface area contributed by atoms with Gasteiger partial charge in [0.05, 0.1) is 12.5 Å². The predicted octanol–water partition coefficient (Wildman–Crippen LogP) is 2.29. The molecule has 0 radical (unpaired) electrons. The van der Waals surface area contributed by atoms with Gasteiger partial charge in [0.1, 0.15) is 17.6 Å². The molecule has 2 aliphatic carbocycles. The van der Waals surface area contributed by atoms with Crippen LogP contribution >= 0.6 is 0 Å². The number of hydrogen-bond donors (Lipinski definition) is 1. The number of benzene rings is 1. The first-order valence-corrected chi connectivity index (χ1v) is 10.8. The Kier molecular flexibility index (Phi) is 4.62. The van der Waals surface area contributed by atoms with Gasteiger partial charge in [-0.05, 0) is 29.9 Å². The molecule has 1 aliphatic heterocycles. The fourth-order valence-corrected chi connectivity index (χ4v) is 5.54. The minimum atomic E-state index is -5.96. The highest BCUT2D eigenvalue weighted by Crippen LogP contribution is 2.66. The third kappa shape index (κ3) is 3.06. The van der Waals surface area contributed by atoms with Crippen molar-refractivity contribution in [1.29, 1.82) is 0 Å². The van der Waals surface area contributed by atoms with E-state index in [-0.39, 0.29) is 59.3 Å². The molecule has 11 heteroatoms. The maximum atomic E-state index is 13.4. The molecule has 5 atom stereocenters. The number of carbonyl (C=O) groups is 2. The van der Waals surface area contributed by atoms with E-state index in [1.54, 1.807) is 0 Å². The van der Waals surface area contributed by atoms with Crippen molar-refractivity contribution >= 4 is 22.1 Å². The molecule has 4 rings (SSSR count). The standard InChI is InChI=1S/C19H20F2O8S/c1-18(2)13-7-11-14(18)15(29-16(11)22)12(13)8-27-9-4-3-5-10(6-9)28-17(23)19(20,21)30(24,25)26/h3-6,11-15H,7-8H2,1-2H3,(H,24,25,26). The molecule has 0 amide bonds. The van der Waals surface area contributed by atoms with Crippen molar-refractivity contribution < 1.29 is 45.6 Å². The Labute approximate surface area is 171 Å². The van der Waals surface area contributed by atoms with Crippen molar-refractivity contribution in [2.75, 3.05) is 6.61 Å². The summed E-state index contributed by atoms with van der Waals surface area (Å²) in [6.45, 7) is 4.45. The largest absolute Gasteiger partial charge is 0.493 e. The first-order chi connectivity index (χ1) is 13.8. The molecule has 3 fully saturated rings. The van der Waals surface area contributed by atoms with Crippen molar-refractivity contribution in [2.24, 2.45) is 29.1 Å². The van der Waals surface area contributed by atoms with E-state index in [2.05, 4.69) is 18.6 Å². The summed E-state index contributed by atoms with van der Waals surface area (Å²) in [7, 11) is -5.96. The normalized spacial score (nSPS) is 31.5. The lowest BCUT2D eigenvalue weighted by Gasteiger charge is -2.26. The van der Waals surface area contributed by atoms with Crippen LogP contribution in [0.5, 0.6) is 11.5 Å². The summed E-state index contributed by atoms with van der Waals surface area (Å²) in [5.41, 5.74) is -0.0612. The number of rotatable bonds is 6. The zero-order valence-electron chi connectivity index (χ0n) is 16.1. The van der Waals surface area contributed by atoms with E-state index in [4.69, 9.17) is 14.0 Å². The van der Waals surface area contributed by atoms with Crippen LogP contribution in [0.15, 0.2) is 24.3 Å². The molecule has 164 valence electrons. The molecule has 0 aromatic heterocycles. The van der Waals surface area contributed by atoms with Gasteiger partial charge < -0.3 is 14.2 Å². The SMILES string of the molecule is CC1(C)C2CC3C(=O)OC(C2COc2cccc(OC(=O)C(F)(F)S(=O)(=O)O)c2)C31. The van der Waals surface area contributed by atoms with Crippen LogP contribution in [0.1, 0.15) is 20.3 Å². The number of fused-ring (bicyclic) bond motifs is 1. The van der Waals surface area contributed by atoms with Crippen molar-refractivity contribution in [2.45, 2.75) is 31.6 Å². The number of ether oxygens (including phenoxy) is 3. The molecule has 30 heavy (non-hydrogen) atoms. The highest BCUT2D eigenvalue weighted by Gasteiger charge is 2.70. The number of halogens is 2. The van der Waals surface area contributed by atoms with Crippen LogP contribution in [0.2, 0.25) is 0 Å². The Morgan fingerprint density at radius 3 is 2.67 bits per heavy atom. The second kappa shape index (κ2) is 6.61.